The van der Waals surface area contributed by atoms with Gasteiger partial charge in [-0.15, -0.1) is 0 Å². The number of hydrogen-bond acceptors (Lipinski definition) is 4. The van der Waals surface area contributed by atoms with E-state index in [0.29, 0.717) is 13.2 Å². The number of nitrogens with zero attached hydrogens (tertiary/aromatic N) is 2. The average Bonchev–Trinajstić information content (AvgIpc) is 2.74. The Balaban J connectivity index is 2.27. The first-order chi connectivity index (χ1) is 13.8. The Morgan fingerprint density at radius 2 is 1.14 bits per heavy atom. The van der Waals surface area contributed by atoms with Gasteiger partial charge in [-0.2, -0.15) is 0 Å². The van der Waals surface area contributed by atoms with E-state index < -0.39 is 7.51 Å². The third kappa shape index (κ3) is 5.05. The minimum Gasteiger partial charge on any atom is -0.319 e. The monoisotopic (exact) mass is 392 g/mol. The smallest absolute Gasteiger partial charge is 0.268 e. The van der Waals surface area contributed by atoms with Gasteiger partial charge in [0.25, 0.3) is 7.51 Å². The predicted molar refractivity (Wildman–Crippen MR) is 118 cm³/mol. The quantitative estimate of drug-likeness (QED) is 0.300. The molecule has 28 heavy (non-hydrogen) atoms. The summed E-state index contributed by atoms with van der Waals surface area (Å²) in [5, 5.41) is 0. The zero-order valence-electron chi connectivity index (χ0n) is 16.2. The summed E-state index contributed by atoms with van der Waals surface area (Å²) in [7, 11) is -2.84. The highest BCUT2D eigenvalue weighted by atomic mass is 31.2. The van der Waals surface area contributed by atoms with Gasteiger partial charge in [-0.05, 0) is 38.1 Å². The topological polar surface area (TPSA) is 43.2 Å². The lowest BCUT2D eigenvalue weighted by Gasteiger charge is -2.25. The van der Waals surface area contributed by atoms with Gasteiger partial charge in [-0.25, -0.2) is 9.74 Å². The van der Waals surface area contributed by atoms with Crippen LogP contribution in [0.15, 0.2) is 101 Å². The van der Waals surface area contributed by atoms with Crippen LogP contribution in [0, 0.1) is 0 Å². The van der Waals surface area contributed by atoms with Crippen molar-refractivity contribution in [3.8, 4) is 0 Å². The number of rotatable bonds is 8. The van der Waals surface area contributed by atoms with Crippen molar-refractivity contribution in [2.75, 3.05) is 13.2 Å². The number of benzene rings is 3. The highest BCUT2D eigenvalue weighted by Gasteiger charge is 2.30. The third-order valence-electron chi connectivity index (χ3n) is 3.90. The van der Waals surface area contributed by atoms with Gasteiger partial charge in [0.05, 0.1) is 24.6 Å². The van der Waals surface area contributed by atoms with E-state index in [1.165, 1.54) is 0 Å². The van der Waals surface area contributed by atoms with Crippen LogP contribution in [0.2, 0.25) is 0 Å². The SMILES string of the molecule is CCOP(=Nc1ccccc1)(OCC)C(=Nc1ccccc1)c1ccccc1. The van der Waals surface area contributed by atoms with Crippen molar-refractivity contribution in [2.45, 2.75) is 13.8 Å². The van der Waals surface area contributed by atoms with Crippen molar-refractivity contribution < 1.29 is 9.05 Å². The van der Waals surface area contributed by atoms with Crippen LogP contribution in [-0.4, -0.2) is 18.7 Å². The predicted octanol–water partition coefficient (Wildman–Crippen LogP) is 7.20. The molecule has 0 aromatic heterocycles. The van der Waals surface area contributed by atoms with Crippen LogP contribution in [0.3, 0.4) is 0 Å². The molecule has 5 heteroatoms. The first-order valence-corrected chi connectivity index (χ1v) is 11.0. The second-order valence-corrected chi connectivity index (χ2v) is 8.11. The normalized spacial score (nSPS) is 12.0. The van der Waals surface area contributed by atoms with E-state index in [4.69, 9.17) is 18.8 Å². The zero-order chi connectivity index (χ0) is 19.7. The highest BCUT2D eigenvalue weighted by Crippen LogP contribution is 2.57. The average molecular weight is 392 g/mol. The van der Waals surface area contributed by atoms with E-state index in [1.807, 2.05) is 105 Å². The molecule has 0 spiro atoms. The number of aliphatic imine (C=N–C) groups is 1. The minimum atomic E-state index is -2.84. The van der Waals surface area contributed by atoms with Crippen LogP contribution in [-0.2, 0) is 9.05 Å². The second kappa shape index (κ2) is 10.1. The molecule has 0 fully saturated rings. The van der Waals surface area contributed by atoms with E-state index in [9.17, 15) is 0 Å². The lowest BCUT2D eigenvalue weighted by molar-refractivity contribution is 0.269. The van der Waals surface area contributed by atoms with Crippen LogP contribution in [0.5, 0.6) is 0 Å². The largest absolute Gasteiger partial charge is 0.319 e. The molecule has 0 saturated carbocycles. The summed E-state index contributed by atoms with van der Waals surface area (Å²) in [6.45, 7) is 4.87. The number of para-hydroxylation sites is 1. The van der Waals surface area contributed by atoms with Gasteiger partial charge in [0, 0.05) is 5.56 Å². The molecule has 4 nitrogen and oxygen atoms in total. The molecule has 3 rings (SSSR count). The molecule has 0 radical (unpaired) electrons. The maximum absolute atomic E-state index is 6.25. The zero-order valence-corrected chi connectivity index (χ0v) is 17.1. The molecule has 0 heterocycles. The summed E-state index contributed by atoms with van der Waals surface area (Å²) < 4.78 is 17.5. The van der Waals surface area contributed by atoms with Gasteiger partial charge in [-0.1, -0.05) is 66.7 Å². The van der Waals surface area contributed by atoms with Gasteiger partial charge in [0.1, 0.15) is 5.45 Å². The van der Waals surface area contributed by atoms with Crippen molar-refractivity contribution in [1.82, 2.24) is 0 Å². The summed E-state index contributed by atoms with van der Waals surface area (Å²) in [5.41, 5.74) is 3.33. The fourth-order valence-corrected chi connectivity index (χ4v) is 5.15. The molecule has 0 bridgehead atoms. The Morgan fingerprint density at radius 3 is 1.64 bits per heavy atom. The van der Waals surface area contributed by atoms with Crippen LogP contribution in [0.1, 0.15) is 19.4 Å². The Morgan fingerprint density at radius 1 is 0.679 bits per heavy atom. The lowest BCUT2D eigenvalue weighted by Crippen LogP contribution is -2.09. The molecular formula is C23H25N2O2P. The Hall–Kier alpha value is -2.52. The summed E-state index contributed by atoms with van der Waals surface area (Å²) in [6, 6.07) is 29.7. The fraction of sp³-hybridized carbons (Fsp3) is 0.174. The molecule has 0 atom stereocenters. The minimum absolute atomic E-state index is 0.477. The van der Waals surface area contributed by atoms with Gasteiger partial charge in [0.15, 0.2) is 0 Å². The van der Waals surface area contributed by atoms with Crippen LogP contribution in [0.25, 0.3) is 0 Å². The standard InChI is InChI=1S/C23H25N2O2P/c1-3-26-28(27-4-2,25-22-18-12-7-13-19-22)23(20-14-8-5-9-15-20)24-21-16-10-6-11-17-21/h5-19H,3-4H2,1-2H3. The summed E-state index contributed by atoms with van der Waals surface area (Å²) >= 11 is 0. The maximum atomic E-state index is 6.25. The van der Waals surface area contributed by atoms with Gasteiger partial charge in [-0.3, -0.25) is 0 Å². The fourth-order valence-electron chi connectivity index (χ4n) is 2.76. The Labute approximate surface area is 167 Å². The van der Waals surface area contributed by atoms with E-state index in [0.717, 1.165) is 22.4 Å². The maximum Gasteiger partial charge on any atom is 0.268 e. The van der Waals surface area contributed by atoms with Crippen LogP contribution in [0.4, 0.5) is 11.4 Å². The molecule has 0 aliphatic rings. The van der Waals surface area contributed by atoms with Gasteiger partial charge >= 0.3 is 0 Å². The third-order valence-corrected chi connectivity index (χ3v) is 6.51. The molecule has 0 N–H and O–H groups in total. The molecule has 3 aromatic carbocycles. The van der Waals surface area contributed by atoms with Gasteiger partial charge in [0.2, 0.25) is 0 Å². The summed E-state index contributed by atoms with van der Waals surface area (Å²) in [4.78, 5) is 4.96. The Kier molecular flexibility index (Phi) is 7.32. The second-order valence-electron chi connectivity index (χ2n) is 5.93. The first kappa shape index (κ1) is 20.2. The molecule has 0 unspecified atom stereocenters. The van der Waals surface area contributed by atoms with E-state index in [-0.39, 0.29) is 0 Å². The molecular weight excluding hydrogens is 367 g/mol. The summed E-state index contributed by atoms with van der Waals surface area (Å²) in [6.07, 6.45) is 0. The van der Waals surface area contributed by atoms with Crippen molar-refractivity contribution in [3.63, 3.8) is 0 Å². The highest BCUT2D eigenvalue weighted by molar-refractivity contribution is 7.75. The molecule has 0 amide bonds. The first-order valence-electron chi connectivity index (χ1n) is 9.43. The van der Waals surface area contributed by atoms with Gasteiger partial charge < -0.3 is 9.05 Å². The molecule has 0 saturated heterocycles. The van der Waals surface area contributed by atoms with E-state index in [2.05, 4.69) is 0 Å². The van der Waals surface area contributed by atoms with Crippen molar-refractivity contribution in [3.05, 3.63) is 96.6 Å². The molecule has 3 aromatic rings. The molecule has 0 aliphatic carbocycles. The van der Waals surface area contributed by atoms with Crippen molar-refractivity contribution >= 4 is 24.3 Å². The van der Waals surface area contributed by atoms with Crippen LogP contribution >= 0.6 is 7.51 Å². The van der Waals surface area contributed by atoms with Crippen molar-refractivity contribution in [2.24, 2.45) is 9.74 Å². The lowest BCUT2D eigenvalue weighted by atomic mass is 10.2. The summed E-state index contributed by atoms with van der Waals surface area (Å²) in [5.74, 6) is 0. The Bertz CT molecular complexity index is 932. The molecule has 144 valence electrons. The molecule has 0 aliphatic heterocycles. The van der Waals surface area contributed by atoms with E-state index in [1.54, 1.807) is 0 Å². The van der Waals surface area contributed by atoms with Crippen molar-refractivity contribution in [1.29, 1.82) is 0 Å². The number of hydrogen-bond donors (Lipinski definition) is 0. The van der Waals surface area contributed by atoms with Crippen LogP contribution < -0.4 is 0 Å². The van der Waals surface area contributed by atoms with E-state index >= 15 is 0 Å².